The number of hydrogen-bond donors (Lipinski definition) is 2. The molecule has 2 N–H and O–H groups in total. The molecular formula is C17H24N2O. The van der Waals surface area contributed by atoms with E-state index in [0.717, 1.165) is 31.1 Å². The van der Waals surface area contributed by atoms with Crippen LogP contribution in [-0.4, -0.2) is 25.5 Å². The van der Waals surface area contributed by atoms with Crippen LogP contribution in [0.4, 0.5) is 0 Å². The lowest BCUT2D eigenvalue weighted by Crippen LogP contribution is -2.28. The summed E-state index contributed by atoms with van der Waals surface area (Å²) >= 11 is 0. The number of benzene rings is 1. The molecule has 0 unspecified atom stereocenters. The van der Waals surface area contributed by atoms with E-state index in [9.17, 15) is 4.79 Å². The van der Waals surface area contributed by atoms with Gasteiger partial charge in [0, 0.05) is 12.1 Å². The molecule has 1 heterocycles. The quantitative estimate of drug-likeness (QED) is 0.884. The Hall–Kier alpha value is -1.35. The molecule has 3 nitrogen and oxygen atoms in total. The van der Waals surface area contributed by atoms with Gasteiger partial charge in [-0.25, -0.2) is 0 Å². The third-order valence-electron chi connectivity index (χ3n) is 4.42. The standard InChI is InChI=1S/C17H24N2O/c1-12-8-15(14-4-6-18-7-5-14)10-16(9-12)17(20)19-11-13-2-3-13/h8-10,13-14,18H,2-7,11H2,1H3,(H,19,20). The summed E-state index contributed by atoms with van der Waals surface area (Å²) in [4.78, 5) is 12.2. The van der Waals surface area contributed by atoms with Gasteiger partial charge in [-0.3, -0.25) is 4.79 Å². The van der Waals surface area contributed by atoms with Crippen molar-refractivity contribution in [2.75, 3.05) is 19.6 Å². The Morgan fingerprint density at radius 3 is 2.65 bits per heavy atom. The van der Waals surface area contributed by atoms with Gasteiger partial charge < -0.3 is 10.6 Å². The normalized spacial score (nSPS) is 19.9. The molecule has 2 fully saturated rings. The predicted molar refractivity (Wildman–Crippen MR) is 81.1 cm³/mol. The summed E-state index contributed by atoms with van der Waals surface area (Å²) in [6.07, 6.45) is 4.89. The van der Waals surface area contributed by atoms with Crippen LogP contribution in [-0.2, 0) is 0 Å². The van der Waals surface area contributed by atoms with E-state index in [4.69, 9.17) is 0 Å². The molecule has 1 saturated carbocycles. The average Bonchev–Trinajstić information content (AvgIpc) is 3.29. The highest BCUT2D eigenvalue weighted by Crippen LogP contribution is 2.28. The lowest BCUT2D eigenvalue weighted by atomic mass is 9.88. The molecule has 0 bridgehead atoms. The van der Waals surface area contributed by atoms with Crippen LogP contribution >= 0.6 is 0 Å². The third-order valence-corrected chi connectivity index (χ3v) is 4.42. The molecule has 1 aliphatic heterocycles. The minimum absolute atomic E-state index is 0.0933. The second kappa shape index (κ2) is 5.96. The summed E-state index contributed by atoms with van der Waals surface area (Å²) in [5.74, 6) is 1.43. The number of carbonyl (C=O) groups excluding carboxylic acids is 1. The second-order valence-electron chi connectivity index (χ2n) is 6.31. The average molecular weight is 272 g/mol. The van der Waals surface area contributed by atoms with Gasteiger partial charge in [0.1, 0.15) is 0 Å². The Kier molecular flexibility index (Phi) is 4.06. The monoisotopic (exact) mass is 272 g/mol. The first-order chi connectivity index (χ1) is 9.72. The molecule has 0 atom stereocenters. The van der Waals surface area contributed by atoms with Crippen molar-refractivity contribution >= 4 is 5.91 Å². The summed E-state index contributed by atoms with van der Waals surface area (Å²) in [6, 6.07) is 6.35. The van der Waals surface area contributed by atoms with Crippen molar-refractivity contribution in [1.82, 2.24) is 10.6 Å². The molecular weight excluding hydrogens is 248 g/mol. The molecule has 108 valence electrons. The molecule has 1 amide bonds. The number of piperidine rings is 1. The summed E-state index contributed by atoms with van der Waals surface area (Å²) in [5.41, 5.74) is 3.36. The third kappa shape index (κ3) is 3.40. The molecule has 1 aromatic rings. The number of carbonyl (C=O) groups is 1. The van der Waals surface area contributed by atoms with Crippen LogP contribution in [0.5, 0.6) is 0 Å². The van der Waals surface area contributed by atoms with E-state index in [1.807, 2.05) is 6.07 Å². The lowest BCUT2D eigenvalue weighted by molar-refractivity contribution is 0.0951. The van der Waals surface area contributed by atoms with E-state index in [1.54, 1.807) is 0 Å². The van der Waals surface area contributed by atoms with E-state index >= 15 is 0 Å². The van der Waals surface area contributed by atoms with E-state index < -0.39 is 0 Å². The number of nitrogens with one attached hydrogen (secondary N) is 2. The van der Waals surface area contributed by atoms with Crippen molar-refractivity contribution in [3.8, 4) is 0 Å². The lowest BCUT2D eigenvalue weighted by Gasteiger charge is -2.23. The Bertz CT molecular complexity index is 488. The SMILES string of the molecule is Cc1cc(C(=O)NCC2CC2)cc(C2CCNCC2)c1. The first-order valence-corrected chi connectivity index (χ1v) is 7.83. The first kappa shape index (κ1) is 13.6. The van der Waals surface area contributed by atoms with Crippen molar-refractivity contribution in [2.24, 2.45) is 5.92 Å². The van der Waals surface area contributed by atoms with Gasteiger partial charge in [0.25, 0.3) is 5.91 Å². The zero-order valence-electron chi connectivity index (χ0n) is 12.2. The Morgan fingerprint density at radius 1 is 1.20 bits per heavy atom. The van der Waals surface area contributed by atoms with Gasteiger partial charge in [0.15, 0.2) is 0 Å². The number of hydrogen-bond acceptors (Lipinski definition) is 2. The Morgan fingerprint density at radius 2 is 1.95 bits per heavy atom. The molecule has 0 spiro atoms. The highest BCUT2D eigenvalue weighted by atomic mass is 16.1. The molecule has 3 rings (SSSR count). The molecule has 0 aromatic heterocycles. The van der Waals surface area contributed by atoms with Crippen LogP contribution in [0.3, 0.4) is 0 Å². The Balaban J connectivity index is 1.72. The maximum Gasteiger partial charge on any atom is 0.251 e. The van der Waals surface area contributed by atoms with Crippen molar-refractivity contribution in [2.45, 2.75) is 38.5 Å². The summed E-state index contributed by atoms with van der Waals surface area (Å²) in [5, 5.41) is 6.46. The van der Waals surface area contributed by atoms with Crippen LogP contribution in [0.1, 0.15) is 53.1 Å². The minimum atomic E-state index is 0.0933. The summed E-state index contributed by atoms with van der Waals surface area (Å²) in [7, 11) is 0. The zero-order valence-corrected chi connectivity index (χ0v) is 12.2. The highest BCUT2D eigenvalue weighted by molar-refractivity contribution is 5.94. The summed E-state index contributed by atoms with van der Waals surface area (Å²) < 4.78 is 0. The minimum Gasteiger partial charge on any atom is -0.352 e. The van der Waals surface area contributed by atoms with Gasteiger partial charge in [-0.15, -0.1) is 0 Å². The number of aryl methyl sites for hydroxylation is 1. The first-order valence-electron chi connectivity index (χ1n) is 7.83. The van der Waals surface area contributed by atoms with Crippen molar-refractivity contribution in [1.29, 1.82) is 0 Å². The van der Waals surface area contributed by atoms with Crippen molar-refractivity contribution < 1.29 is 4.79 Å². The number of rotatable bonds is 4. The largest absolute Gasteiger partial charge is 0.352 e. The van der Waals surface area contributed by atoms with Gasteiger partial charge in [0.2, 0.25) is 0 Å². The van der Waals surface area contributed by atoms with E-state index in [1.165, 1.54) is 36.8 Å². The van der Waals surface area contributed by atoms with E-state index in [2.05, 4.69) is 29.7 Å². The molecule has 1 aromatic carbocycles. The van der Waals surface area contributed by atoms with Crippen LogP contribution in [0.15, 0.2) is 18.2 Å². The second-order valence-corrected chi connectivity index (χ2v) is 6.31. The number of amides is 1. The zero-order chi connectivity index (χ0) is 13.9. The van der Waals surface area contributed by atoms with Gasteiger partial charge in [-0.1, -0.05) is 11.6 Å². The summed E-state index contributed by atoms with van der Waals surface area (Å²) in [6.45, 7) is 5.10. The molecule has 2 aliphatic rings. The van der Waals surface area contributed by atoms with Gasteiger partial charge in [-0.2, -0.15) is 0 Å². The maximum atomic E-state index is 12.2. The van der Waals surface area contributed by atoms with Gasteiger partial charge in [-0.05, 0) is 75.2 Å². The van der Waals surface area contributed by atoms with Crippen molar-refractivity contribution in [3.63, 3.8) is 0 Å². The van der Waals surface area contributed by atoms with E-state index in [-0.39, 0.29) is 5.91 Å². The van der Waals surface area contributed by atoms with Gasteiger partial charge in [0.05, 0.1) is 0 Å². The molecule has 1 saturated heterocycles. The maximum absolute atomic E-state index is 12.2. The topological polar surface area (TPSA) is 41.1 Å². The predicted octanol–water partition coefficient (Wildman–Crippen LogP) is 2.60. The van der Waals surface area contributed by atoms with Gasteiger partial charge >= 0.3 is 0 Å². The highest BCUT2D eigenvalue weighted by Gasteiger charge is 2.22. The fourth-order valence-corrected chi connectivity index (χ4v) is 3.00. The van der Waals surface area contributed by atoms with E-state index in [0.29, 0.717) is 5.92 Å². The van der Waals surface area contributed by atoms with Crippen LogP contribution in [0, 0.1) is 12.8 Å². The molecule has 3 heteroatoms. The Labute approximate surface area is 121 Å². The molecule has 1 aliphatic carbocycles. The fraction of sp³-hybridized carbons (Fsp3) is 0.588. The van der Waals surface area contributed by atoms with Crippen molar-refractivity contribution in [3.05, 3.63) is 34.9 Å². The smallest absolute Gasteiger partial charge is 0.251 e. The molecule has 0 radical (unpaired) electrons. The van der Waals surface area contributed by atoms with Crippen LogP contribution in [0.2, 0.25) is 0 Å². The molecule has 20 heavy (non-hydrogen) atoms. The van der Waals surface area contributed by atoms with Crippen LogP contribution < -0.4 is 10.6 Å². The van der Waals surface area contributed by atoms with Crippen LogP contribution in [0.25, 0.3) is 0 Å². The fourth-order valence-electron chi connectivity index (χ4n) is 3.00.